The largest absolute Gasteiger partial charge is 0.324 e. The number of amides is 3. The van der Waals surface area contributed by atoms with E-state index < -0.39 is 23.9 Å². The highest BCUT2D eigenvalue weighted by Gasteiger charge is 2.55. The van der Waals surface area contributed by atoms with Crippen LogP contribution in [0.1, 0.15) is 0 Å². The highest BCUT2D eigenvalue weighted by Crippen LogP contribution is 2.32. The van der Waals surface area contributed by atoms with Gasteiger partial charge in [0, 0.05) is 10.7 Å². The summed E-state index contributed by atoms with van der Waals surface area (Å²) in [5.41, 5.74) is 1.04. The zero-order valence-electron chi connectivity index (χ0n) is 13.9. The fraction of sp³-hybridized carbons (Fsp3) is 0.167. The van der Waals surface area contributed by atoms with Crippen molar-refractivity contribution >= 4 is 40.7 Å². The van der Waals surface area contributed by atoms with Crippen molar-refractivity contribution in [2.45, 2.75) is 12.1 Å². The molecule has 2 aliphatic heterocycles. The molecule has 2 heterocycles. The second-order valence-corrected chi connectivity index (χ2v) is 6.53. The molecule has 0 unspecified atom stereocenters. The Balaban J connectivity index is 1.49. The highest BCUT2D eigenvalue weighted by molar-refractivity contribution is 6.31. The van der Waals surface area contributed by atoms with Crippen LogP contribution < -0.4 is 10.2 Å². The summed E-state index contributed by atoms with van der Waals surface area (Å²) < 4.78 is 0. The molecule has 3 amide bonds. The molecular formula is C18H14ClN5O3. The van der Waals surface area contributed by atoms with Crippen LogP contribution in [0.3, 0.4) is 0 Å². The van der Waals surface area contributed by atoms with E-state index in [2.05, 4.69) is 15.7 Å². The Morgan fingerprint density at radius 3 is 2.44 bits per heavy atom. The average molecular weight is 384 g/mol. The van der Waals surface area contributed by atoms with Crippen LogP contribution in [0.5, 0.6) is 0 Å². The SMILES string of the molecule is O=C(CN1N=N[C@H]2C(=O)N(c3ccc(Cl)cc3)C(=O)[C@@H]21)Nc1ccccc1. The number of nitrogens with one attached hydrogen (secondary N) is 1. The van der Waals surface area contributed by atoms with Crippen molar-refractivity contribution in [1.29, 1.82) is 0 Å². The number of anilines is 2. The van der Waals surface area contributed by atoms with Gasteiger partial charge < -0.3 is 5.32 Å². The zero-order chi connectivity index (χ0) is 19.0. The number of carbonyl (C=O) groups excluding carboxylic acids is 3. The molecule has 1 fully saturated rings. The summed E-state index contributed by atoms with van der Waals surface area (Å²) in [5, 5.41) is 12.2. The molecule has 1 saturated heterocycles. The van der Waals surface area contributed by atoms with E-state index in [4.69, 9.17) is 11.6 Å². The first-order valence-corrected chi connectivity index (χ1v) is 8.58. The minimum atomic E-state index is -0.947. The summed E-state index contributed by atoms with van der Waals surface area (Å²) >= 11 is 5.86. The Morgan fingerprint density at radius 2 is 1.74 bits per heavy atom. The molecule has 0 radical (unpaired) electrons. The lowest BCUT2D eigenvalue weighted by Gasteiger charge is -2.20. The number of rotatable bonds is 4. The molecule has 4 rings (SSSR count). The molecule has 2 aromatic carbocycles. The maximum Gasteiger partial charge on any atom is 0.263 e. The number of hydrogen-bond acceptors (Lipinski definition) is 6. The fourth-order valence-corrected chi connectivity index (χ4v) is 3.19. The second-order valence-electron chi connectivity index (χ2n) is 6.09. The average Bonchev–Trinajstić information content (AvgIpc) is 3.17. The van der Waals surface area contributed by atoms with Crippen molar-refractivity contribution in [3.8, 4) is 0 Å². The van der Waals surface area contributed by atoms with Gasteiger partial charge in [-0.1, -0.05) is 35.0 Å². The predicted octanol–water partition coefficient (Wildman–Crippen LogP) is 2.27. The predicted molar refractivity (Wildman–Crippen MR) is 98.2 cm³/mol. The Hall–Kier alpha value is -3.26. The molecule has 0 spiro atoms. The normalized spacial score (nSPS) is 20.9. The van der Waals surface area contributed by atoms with E-state index in [1.807, 2.05) is 6.07 Å². The van der Waals surface area contributed by atoms with Gasteiger partial charge in [0.05, 0.1) is 5.69 Å². The van der Waals surface area contributed by atoms with E-state index >= 15 is 0 Å². The van der Waals surface area contributed by atoms with Gasteiger partial charge in [-0.2, -0.15) is 5.11 Å². The van der Waals surface area contributed by atoms with E-state index in [1.165, 1.54) is 5.01 Å². The maximum absolute atomic E-state index is 12.8. The Kier molecular flexibility index (Phi) is 4.33. The number of carbonyl (C=O) groups is 3. The third-order valence-corrected chi connectivity index (χ3v) is 4.56. The van der Waals surface area contributed by atoms with Crippen molar-refractivity contribution < 1.29 is 14.4 Å². The van der Waals surface area contributed by atoms with Crippen LogP contribution >= 0.6 is 11.6 Å². The summed E-state index contributed by atoms with van der Waals surface area (Å²) in [6.07, 6.45) is 0. The molecule has 136 valence electrons. The van der Waals surface area contributed by atoms with Crippen LogP contribution in [0, 0.1) is 0 Å². The lowest BCUT2D eigenvalue weighted by Crippen LogP contribution is -2.43. The standard InChI is InChI=1S/C18H14ClN5O3/c19-11-6-8-13(9-7-11)24-17(26)15-16(18(24)27)23(22-21-15)10-14(25)20-12-4-2-1-3-5-12/h1-9,15-16H,10H2,(H,20,25)/t15-,16-/m1/s1. The molecule has 0 bridgehead atoms. The quantitative estimate of drug-likeness (QED) is 0.819. The van der Waals surface area contributed by atoms with E-state index in [-0.39, 0.29) is 12.5 Å². The molecule has 0 saturated carbocycles. The number of halogens is 1. The minimum absolute atomic E-state index is 0.187. The zero-order valence-corrected chi connectivity index (χ0v) is 14.7. The van der Waals surface area contributed by atoms with Crippen molar-refractivity contribution in [2.24, 2.45) is 10.3 Å². The molecule has 2 aromatic rings. The van der Waals surface area contributed by atoms with Crippen LogP contribution in [0.4, 0.5) is 11.4 Å². The van der Waals surface area contributed by atoms with Crippen molar-refractivity contribution in [3.63, 3.8) is 0 Å². The monoisotopic (exact) mass is 383 g/mol. The molecule has 9 heteroatoms. The van der Waals surface area contributed by atoms with Gasteiger partial charge in [0.2, 0.25) is 5.91 Å². The fourth-order valence-electron chi connectivity index (χ4n) is 3.07. The number of fused-ring (bicyclic) bond motifs is 1. The Bertz CT molecular complexity index is 932. The van der Waals surface area contributed by atoms with Gasteiger partial charge >= 0.3 is 0 Å². The molecule has 27 heavy (non-hydrogen) atoms. The van der Waals surface area contributed by atoms with Crippen molar-refractivity contribution in [3.05, 3.63) is 59.6 Å². The molecule has 2 aliphatic rings. The van der Waals surface area contributed by atoms with Crippen molar-refractivity contribution in [2.75, 3.05) is 16.8 Å². The lowest BCUT2D eigenvalue weighted by molar-refractivity contribution is -0.123. The summed E-state index contributed by atoms with van der Waals surface area (Å²) in [6, 6.07) is 13.4. The van der Waals surface area contributed by atoms with E-state index in [1.54, 1.807) is 48.5 Å². The topological polar surface area (TPSA) is 94.4 Å². The van der Waals surface area contributed by atoms with Gasteiger partial charge in [0.25, 0.3) is 11.8 Å². The minimum Gasteiger partial charge on any atom is -0.324 e. The molecule has 1 N–H and O–H groups in total. The smallest absolute Gasteiger partial charge is 0.263 e. The van der Waals surface area contributed by atoms with E-state index in [9.17, 15) is 14.4 Å². The van der Waals surface area contributed by atoms with Gasteiger partial charge in [-0.3, -0.25) is 19.4 Å². The number of nitrogens with zero attached hydrogens (tertiary/aromatic N) is 4. The third kappa shape index (κ3) is 3.15. The lowest BCUT2D eigenvalue weighted by atomic mass is 10.1. The molecule has 2 atom stereocenters. The number of para-hydroxylation sites is 1. The first-order chi connectivity index (χ1) is 13.0. The van der Waals surface area contributed by atoms with Gasteiger partial charge in [0.1, 0.15) is 6.54 Å². The van der Waals surface area contributed by atoms with E-state index in [0.717, 1.165) is 4.90 Å². The van der Waals surface area contributed by atoms with Gasteiger partial charge in [-0.05, 0) is 36.4 Å². The second kappa shape index (κ2) is 6.81. The number of benzene rings is 2. The molecule has 0 aliphatic carbocycles. The van der Waals surface area contributed by atoms with Gasteiger partial charge in [0.15, 0.2) is 12.1 Å². The Labute approximate surface area is 159 Å². The summed E-state index contributed by atoms with van der Waals surface area (Å²) in [6.45, 7) is -0.187. The first-order valence-electron chi connectivity index (χ1n) is 8.20. The molecule has 0 aromatic heterocycles. The van der Waals surface area contributed by atoms with Gasteiger partial charge in [-0.25, -0.2) is 4.90 Å². The third-order valence-electron chi connectivity index (χ3n) is 4.31. The van der Waals surface area contributed by atoms with Gasteiger partial charge in [-0.15, -0.1) is 0 Å². The van der Waals surface area contributed by atoms with E-state index in [0.29, 0.717) is 16.4 Å². The molecular weight excluding hydrogens is 370 g/mol. The van der Waals surface area contributed by atoms with Crippen LogP contribution in [-0.4, -0.2) is 41.4 Å². The number of hydrogen-bond donors (Lipinski definition) is 1. The maximum atomic E-state index is 12.8. The van der Waals surface area contributed by atoms with Crippen LogP contribution in [-0.2, 0) is 14.4 Å². The van der Waals surface area contributed by atoms with Crippen LogP contribution in [0.2, 0.25) is 5.02 Å². The van der Waals surface area contributed by atoms with Crippen molar-refractivity contribution in [1.82, 2.24) is 5.01 Å². The summed E-state index contributed by atoms with van der Waals surface area (Å²) in [7, 11) is 0. The number of imide groups is 1. The first kappa shape index (κ1) is 17.2. The Morgan fingerprint density at radius 1 is 1.04 bits per heavy atom. The molecule has 8 nitrogen and oxygen atoms in total. The summed E-state index contributed by atoms with van der Waals surface area (Å²) in [5.74, 6) is -1.29. The summed E-state index contributed by atoms with van der Waals surface area (Å²) in [4.78, 5) is 38.7. The highest BCUT2D eigenvalue weighted by atomic mass is 35.5. The van der Waals surface area contributed by atoms with Crippen LogP contribution in [0.25, 0.3) is 0 Å². The van der Waals surface area contributed by atoms with Crippen LogP contribution in [0.15, 0.2) is 64.9 Å².